The monoisotopic (exact) mass is 532 g/mol. The lowest BCUT2D eigenvalue weighted by Gasteiger charge is -2.14. The smallest absolute Gasteiger partial charge is 0.329 e. The van der Waals surface area contributed by atoms with Gasteiger partial charge in [-0.25, -0.2) is 5.43 Å². The Hall–Kier alpha value is -4.86. The Morgan fingerprint density at radius 1 is 0.923 bits per heavy atom. The van der Waals surface area contributed by atoms with Crippen molar-refractivity contribution < 1.29 is 28.6 Å². The molecule has 0 spiro atoms. The van der Waals surface area contributed by atoms with E-state index in [1.165, 1.54) is 6.21 Å². The van der Waals surface area contributed by atoms with Gasteiger partial charge in [-0.1, -0.05) is 24.3 Å². The van der Waals surface area contributed by atoms with Crippen molar-refractivity contribution in [2.45, 2.75) is 27.3 Å². The quantitative estimate of drug-likeness (QED) is 0.197. The van der Waals surface area contributed by atoms with Gasteiger partial charge in [0.15, 0.2) is 18.1 Å². The van der Waals surface area contributed by atoms with Gasteiger partial charge in [0.2, 0.25) is 0 Å². The second kappa shape index (κ2) is 14.2. The number of carbonyl (C=O) groups is 3. The molecule has 0 unspecified atom stereocenters. The summed E-state index contributed by atoms with van der Waals surface area (Å²) in [4.78, 5) is 36.5. The van der Waals surface area contributed by atoms with Crippen LogP contribution in [-0.4, -0.2) is 44.3 Å². The van der Waals surface area contributed by atoms with Gasteiger partial charge in [0, 0.05) is 12.2 Å². The van der Waals surface area contributed by atoms with Gasteiger partial charge in [0.05, 0.1) is 19.9 Å². The Morgan fingerprint density at radius 3 is 2.41 bits per heavy atom. The normalized spacial score (nSPS) is 10.6. The average Bonchev–Trinajstić information content (AvgIpc) is 2.94. The maximum atomic E-state index is 12.4. The molecule has 0 fully saturated rings. The summed E-state index contributed by atoms with van der Waals surface area (Å²) in [7, 11) is 1.57. The van der Waals surface area contributed by atoms with Crippen molar-refractivity contribution in [3.8, 4) is 17.2 Å². The maximum Gasteiger partial charge on any atom is 0.329 e. The number of ether oxygens (including phenoxy) is 3. The van der Waals surface area contributed by atoms with Crippen molar-refractivity contribution in [3.05, 3.63) is 82.9 Å². The fourth-order valence-electron chi connectivity index (χ4n) is 3.43. The maximum absolute atomic E-state index is 12.4. The zero-order chi connectivity index (χ0) is 28.2. The van der Waals surface area contributed by atoms with Gasteiger partial charge in [-0.2, -0.15) is 5.10 Å². The third-order valence-corrected chi connectivity index (χ3v) is 5.70. The molecule has 0 aliphatic rings. The summed E-state index contributed by atoms with van der Waals surface area (Å²) < 4.78 is 16.4. The van der Waals surface area contributed by atoms with E-state index in [1.807, 2.05) is 39.0 Å². The molecule has 0 aliphatic heterocycles. The van der Waals surface area contributed by atoms with E-state index in [2.05, 4.69) is 21.2 Å². The topological polar surface area (TPSA) is 127 Å². The third-order valence-electron chi connectivity index (χ3n) is 5.70. The Balaban J connectivity index is 1.52. The molecule has 204 valence electrons. The van der Waals surface area contributed by atoms with Crippen LogP contribution >= 0.6 is 0 Å². The standard InChI is InChI=1S/C29H32N4O6/c1-5-38-26-15-22(11-14-25(26)39-18-27(34)32-24-8-6-7-19(2)20(24)3)17-31-33-29(36)28(35)30-16-21-9-12-23(37-4)13-10-21/h6-15,17H,5,16,18H2,1-4H3,(H,30,35)(H,32,34)(H,33,36)/b31-17-. The van der Waals surface area contributed by atoms with Gasteiger partial charge in [-0.05, 0) is 79.4 Å². The summed E-state index contributed by atoms with van der Waals surface area (Å²) in [6.45, 7) is 6.09. The third kappa shape index (κ3) is 8.60. The minimum Gasteiger partial charge on any atom is -0.497 e. The lowest BCUT2D eigenvalue weighted by atomic mass is 10.1. The van der Waals surface area contributed by atoms with Gasteiger partial charge < -0.3 is 24.8 Å². The molecule has 0 aliphatic carbocycles. The molecule has 3 rings (SSSR count). The van der Waals surface area contributed by atoms with Crippen molar-refractivity contribution in [1.29, 1.82) is 0 Å². The summed E-state index contributed by atoms with van der Waals surface area (Å²) >= 11 is 0. The van der Waals surface area contributed by atoms with E-state index >= 15 is 0 Å². The van der Waals surface area contributed by atoms with Crippen molar-refractivity contribution in [1.82, 2.24) is 10.7 Å². The molecular formula is C29H32N4O6. The number of nitrogens with one attached hydrogen (secondary N) is 3. The van der Waals surface area contributed by atoms with Crippen molar-refractivity contribution in [3.63, 3.8) is 0 Å². The number of benzene rings is 3. The molecule has 3 amide bonds. The highest BCUT2D eigenvalue weighted by atomic mass is 16.5. The van der Waals surface area contributed by atoms with E-state index in [1.54, 1.807) is 49.6 Å². The zero-order valence-corrected chi connectivity index (χ0v) is 22.4. The van der Waals surface area contributed by atoms with E-state index in [-0.39, 0.29) is 19.1 Å². The molecule has 0 heterocycles. The number of hydrazone groups is 1. The van der Waals surface area contributed by atoms with Crippen LogP contribution in [0.5, 0.6) is 17.2 Å². The fourth-order valence-corrected chi connectivity index (χ4v) is 3.43. The number of amides is 3. The van der Waals surface area contributed by atoms with Gasteiger partial charge in [0.1, 0.15) is 5.75 Å². The lowest BCUT2D eigenvalue weighted by Crippen LogP contribution is -2.37. The largest absolute Gasteiger partial charge is 0.497 e. The van der Waals surface area contributed by atoms with Crippen LogP contribution in [0.25, 0.3) is 0 Å². The summed E-state index contributed by atoms with van der Waals surface area (Å²) in [5, 5.41) is 9.22. The summed E-state index contributed by atoms with van der Waals surface area (Å²) in [6, 6.07) is 17.8. The Kier molecular flexibility index (Phi) is 10.4. The minimum atomic E-state index is -0.903. The Morgan fingerprint density at radius 2 is 1.69 bits per heavy atom. The number of methoxy groups -OCH3 is 1. The van der Waals surface area contributed by atoms with Crippen molar-refractivity contribution >= 4 is 29.6 Å². The van der Waals surface area contributed by atoms with Crippen LogP contribution in [0.1, 0.15) is 29.2 Å². The Bertz CT molecular complexity index is 1340. The first-order valence-corrected chi connectivity index (χ1v) is 12.3. The summed E-state index contributed by atoms with van der Waals surface area (Å²) in [5.41, 5.74) is 6.40. The molecule has 0 aromatic heterocycles. The number of nitrogens with zero attached hydrogens (tertiary/aromatic N) is 1. The molecule has 39 heavy (non-hydrogen) atoms. The Labute approximate surface area is 227 Å². The predicted octanol–water partition coefficient (Wildman–Crippen LogP) is 3.49. The number of anilines is 1. The molecule has 10 heteroatoms. The lowest BCUT2D eigenvalue weighted by molar-refractivity contribution is -0.139. The van der Waals surface area contributed by atoms with Crippen LogP contribution in [0.4, 0.5) is 5.69 Å². The number of carbonyl (C=O) groups excluding carboxylic acids is 3. The number of hydrogen-bond donors (Lipinski definition) is 3. The first-order chi connectivity index (χ1) is 18.8. The van der Waals surface area contributed by atoms with Gasteiger partial charge in [-0.15, -0.1) is 0 Å². The van der Waals surface area contributed by atoms with Crippen molar-refractivity contribution in [2.24, 2.45) is 5.10 Å². The van der Waals surface area contributed by atoms with Gasteiger partial charge in [-0.3, -0.25) is 14.4 Å². The first-order valence-electron chi connectivity index (χ1n) is 12.3. The van der Waals surface area contributed by atoms with Crippen LogP contribution in [0.2, 0.25) is 0 Å². The van der Waals surface area contributed by atoms with Crippen LogP contribution < -0.4 is 30.3 Å². The van der Waals surface area contributed by atoms with Crippen LogP contribution in [-0.2, 0) is 20.9 Å². The second-order valence-corrected chi connectivity index (χ2v) is 8.45. The van der Waals surface area contributed by atoms with Gasteiger partial charge in [0.25, 0.3) is 5.91 Å². The molecule has 3 aromatic carbocycles. The van der Waals surface area contributed by atoms with Crippen LogP contribution in [0.3, 0.4) is 0 Å². The van der Waals surface area contributed by atoms with E-state index in [4.69, 9.17) is 14.2 Å². The highest BCUT2D eigenvalue weighted by molar-refractivity contribution is 6.35. The first kappa shape index (κ1) is 28.7. The highest BCUT2D eigenvalue weighted by Crippen LogP contribution is 2.28. The van der Waals surface area contributed by atoms with E-state index in [0.717, 1.165) is 22.4 Å². The van der Waals surface area contributed by atoms with E-state index < -0.39 is 11.8 Å². The highest BCUT2D eigenvalue weighted by Gasteiger charge is 2.13. The molecule has 0 saturated carbocycles. The van der Waals surface area contributed by atoms with E-state index in [9.17, 15) is 14.4 Å². The molecule has 3 N–H and O–H groups in total. The van der Waals surface area contributed by atoms with E-state index in [0.29, 0.717) is 29.4 Å². The minimum absolute atomic E-state index is 0.182. The fraction of sp³-hybridized carbons (Fsp3) is 0.241. The molecule has 0 saturated heterocycles. The average molecular weight is 533 g/mol. The molecular weight excluding hydrogens is 500 g/mol. The predicted molar refractivity (Wildman–Crippen MR) is 148 cm³/mol. The summed E-state index contributed by atoms with van der Waals surface area (Å²) in [6.07, 6.45) is 1.37. The van der Waals surface area contributed by atoms with Crippen molar-refractivity contribution in [2.75, 3.05) is 25.6 Å². The SMILES string of the molecule is CCOc1cc(/C=N\NC(=O)C(=O)NCc2ccc(OC)cc2)ccc1OCC(=O)Nc1cccc(C)c1C. The number of hydrogen-bond acceptors (Lipinski definition) is 7. The van der Waals surface area contributed by atoms with Crippen LogP contribution in [0.15, 0.2) is 65.8 Å². The van der Waals surface area contributed by atoms with Crippen LogP contribution in [0, 0.1) is 13.8 Å². The molecule has 10 nitrogen and oxygen atoms in total. The number of aryl methyl sites for hydroxylation is 1. The van der Waals surface area contributed by atoms with Gasteiger partial charge >= 0.3 is 11.8 Å². The molecule has 0 radical (unpaired) electrons. The molecule has 3 aromatic rings. The number of rotatable bonds is 11. The molecule has 0 atom stereocenters. The zero-order valence-electron chi connectivity index (χ0n) is 22.4. The summed E-state index contributed by atoms with van der Waals surface area (Å²) in [5.74, 6) is -0.537. The second-order valence-electron chi connectivity index (χ2n) is 8.45. The molecule has 0 bridgehead atoms.